The van der Waals surface area contributed by atoms with Crippen LogP contribution in [0.4, 0.5) is 0 Å². The van der Waals surface area contributed by atoms with Crippen molar-refractivity contribution in [3.8, 4) is 0 Å². The number of hydrogen-bond acceptors (Lipinski definition) is 4. The number of nitrogens with one attached hydrogen (secondary N) is 1. The highest BCUT2D eigenvalue weighted by atomic mass is 32.2. The number of carbonyl (C=O) groups excluding carboxylic acids is 1. The number of thioether (sulfide) groups is 1. The molecule has 1 atom stereocenters. The van der Waals surface area contributed by atoms with Gasteiger partial charge in [0.15, 0.2) is 0 Å². The van der Waals surface area contributed by atoms with E-state index < -0.39 is 5.54 Å². The van der Waals surface area contributed by atoms with Gasteiger partial charge in [0.05, 0.1) is 6.61 Å². The summed E-state index contributed by atoms with van der Waals surface area (Å²) in [6.45, 7) is 6.52. The summed E-state index contributed by atoms with van der Waals surface area (Å²) in [7, 11) is 1.87. The lowest BCUT2D eigenvalue weighted by atomic mass is 9.96. The molecule has 0 amide bonds. The molecule has 0 bridgehead atoms. The van der Waals surface area contributed by atoms with Crippen LogP contribution in [0.15, 0.2) is 23.1 Å². The minimum Gasteiger partial charge on any atom is -0.465 e. The highest BCUT2D eigenvalue weighted by Crippen LogP contribution is 2.43. The van der Waals surface area contributed by atoms with Crippen LogP contribution in [0.5, 0.6) is 0 Å². The highest BCUT2D eigenvalue weighted by molar-refractivity contribution is 7.99. The number of ether oxygens (including phenoxy) is 1. The first kappa shape index (κ1) is 16.4. The van der Waals surface area contributed by atoms with Crippen molar-refractivity contribution < 1.29 is 9.53 Å². The minimum atomic E-state index is -0.544. The largest absolute Gasteiger partial charge is 0.465 e. The van der Waals surface area contributed by atoms with Crippen LogP contribution in [0.3, 0.4) is 0 Å². The molecule has 0 heterocycles. The number of aryl methyl sites for hydroxylation is 2. The van der Waals surface area contributed by atoms with Gasteiger partial charge in [-0.2, -0.15) is 0 Å². The second-order valence-corrected chi connectivity index (χ2v) is 6.79. The molecule has 0 spiro atoms. The fourth-order valence-electron chi connectivity index (χ4n) is 2.71. The van der Waals surface area contributed by atoms with E-state index in [1.807, 2.05) is 14.0 Å². The second-order valence-electron chi connectivity index (χ2n) is 5.77. The molecular weight excluding hydrogens is 282 g/mol. The fraction of sp³-hybridized carbons (Fsp3) is 0.588. The Morgan fingerprint density at radius 3 is 2.67 bits per heavy atom. The van der Waals surface area contributed by atoms with Crippen molar-refractivity contribution in [2.24, 2.45) is 5.92 Å². The lowest BCUT2D eigenvalue weighted by Crippen LogP contribution is -2.55. The number of carbonyl (C=O) groups is 1. The molecule has 2 rings (SSSR count). The summed E-state index contributed by atoms with van der Waals surface area (Å²) in [6.07, 6.45) is 2.21. The van der Waals surface area contributed by atoms with Gasteiger partial charge in [-0.15, -0.1) is 11.8 Å². The van der Waals surface area contributed by atoms with Gasteiger partial charge in [-0.05, 0) is 58.2 Å². The monoisotopic (exact) mass is 307 g/mol. The van der Waals surface area contributed by atoms with Crippen molar-refractivity contribution in [1.29, 1.82) is 0 Å². The van der Waals surface area contributed by atoms with E-state index in [0.29, 0.717) is 12.5 Å². The molecule has 0 aromatic heterocycles. The summed E-state index contributed by atoms with van der Waals surface area (Å²) in [5.74, 6) is 1.02. The molecule has 0 saturated heterocycles. The van der Waals surface area contributed by atoms with E-state index >= 15 is 0 Å². The maximum atomic E-state index is 12.4. The van der Waals surface area contributed by atoms with E-state index in [0.717, 1.165) is 18.6 Å². The molecule has 21 heavy (non-hydrogen) atoms. The maximum absolute atomic E-state index is 12.4. The van der Waals surface area contributed by atoms with Crippen molar-refractivity contribution in [3.05, 3.63) is 29.3 Å². The first-order chi connectivity index (χ1) is 10.0. The third kappa shape index (κ3) is 3.61. The van der Waals surface area contributed by atoms with Crippen LogP contribution >= 0.6 is 11.8 Å². The van der Waals surface area contributed by atoms with Crippen LogP contribution in [0.25, 0.3) is 0 Å². The molecule has 3 nitrogen and oxygen atoms in total. The average Bonchev–Trinajstić information content (AvgIpc) is 3.27. The van der Waals surface area contributed by atoms with E-state index in [2.05, 4.69) is 37.4 Å². The quantitative estimate of drug-likeness (QED) is 0.619. The number of benzene rings is 1. The van der Waals surface area contributed by atoms with Gasteiger partial charge in [0, 0.05) is 10.6 Å². The molecule has 116 valence electrons. The summed E-state index contributed by atoms with van der Waals surface area (Å²) < 4.78 is 5.32. The van der Waals surface area contributed by atoms with E-state index in [-0.39, 0.29) is 5.97 Å². The van der Waals surface area contributed by atoms with Crippen LogP contribution in [0.2, 0.25) is 0 Å². The fourth-order valence-corrected chi connectivity index (χ4v) is 4.04. The Balaban J connectivity index is 2.13. The van der Waals surface area contributed by atoms with Crippen molar-refractivity contribution in [2.45, 2.75) is 44.0 Å². The minimum absolute atomic E-state index is 0.104. The Kier molecular flexibility index (Phi) is 5.33. The summed E-state index contributed by atoms with van der Waals surface area (Å²) >= 11 is 1.75. The van der Waals surface area contributed by atoms with Gasteiger partial charge in [0.25, 0.3) is 0 Å². The number of esters is 1. The van der Waals surface area contributed by atoms with E-state index in [4.69, 9.17) is 4.74 Å². The van der Waals surface area contributed by atoms with Crippen LogP contribution < -0.4 is 5.32 Å². The van der Waals surface area contributed by atoms with Crippen LogP contribution in [-0.4, -0.2) is 30.9 Å². The highest BCUT2D eigenvalue weighted by Gasteiger charge is 2.51. The summed E-state index contributed by atoms with van der Waals surface area (Å²) in [4.78, 5) is 13.7. The first-order valence-corrected chi connectivity index (χ1v) is 8.58. The second kappa shape index (κ2) is 6.84. The number of likely N-dealkylation sites (N-methyl/N-ethyl adjacent to an activating group) is 1. The first-order valence-electron chi connectivity index (χ1n) is 7.59. The molecule has 1 unspecified atom stereocenters. The van der Waals surface area contributed by atoms with Gasteiger partial charge in [-0.1, -0.05) is 17.7 Å². The van der Waals surface area contributed by atoms with Crippen molar-refractivity contribution in [2.75, 3.05) is 19.4 Å². The zero-order chi connectivity index (χ0) is 15.5. The molecule has 4 heteroatoms. The molecule has 1 N–H and O–H groups in total. The third-order valence-electron chi connectivity index (χ3n) is 4.15. The van der Waals surface area contributed by atoms with E-state index in [1.165, 1.54) is 16.0 Å². The SMILES string of the molecule is CCOC(=O)C(CSc1ccc(C)cc1C)(NC)C1CC1. The van der Waals surface area contributed by atoms with Gasteiger partial charge in [0.2, 0.25) is 0 Å². The topological polar surface area (TPSA) is 38.3 Å². The molecule has 1 saturated carbocycles. The number of rotatable bonds is 7. The molecule has 0 aliphatic heterocycles. The van der Waals surface area contributed by atoms with Gasteiger partial charge < -0.3 is 10.1 Å². The molecular formula is C17H25NO2S. The van der Waals surface area contributed by atoms with E-state index in [1.54, 1.807) is 11.8 Å². The van der Waals surface area contributed by atoms with Gasteiger partial charge in [-0.25, -0.2) is 0 Å². The molecule has 1 aliphatic carbocycles. The normalized spacial score (nSPS) is 17.3. The molecule has 1 aromatic rings. The zero-order valence-corrected chi connectivity index (χ0v) is 14.2. The lowest BCUT2D eigenvalue weighted by Gasteiger charge is -2.31. The maximum Gasteiger partial charge on any atom is 0.327 e. The number of hydrogen-bond donors (Lipinski definition) is 1. The average molecular weight is 307 g/mol. The Morgan fingerprint density at radius 1 is 1.43 bits per heavy atom. The zero-order valence-electron chi connectivity index (χ0n) is 13.4. The summed E-state index contributed by atoms with van der Waals surface area (Å²) in [5, 5.41) is 3.27. The lowest BCUT2D eigenvalue weighted by molar-refractivity contribution is -0.150. The van der Waals surface area contributed by atoms with Crippen molar-refractivity contribution >= 4 is 17.7 Å². The van der Waals surface area contributed by atoms with Crippen molar-refractivity contribution in [1.82, 2.24) is 5.32 Å². The Labute approximate surface area is 131 Å². The van der Waals surface area contributed by atoms with Gasteiger partial charge in [0.1, 0.15) is 5.54 Å². The molecule has 1 fully saturated rings. The third-order valence-corrected chi connectivity index (χ3v) is 5.51. The standard InChI is InChI=1S/C17H25NO2S/c1-5-20-16(19)17(18-4,14-7-8-14)11-21-15-9-6-12(2)10-13(15)3/h6,9-10,14,18H,5,7-8,11H2,1-4H3. The van der Waals surface area contributed by atoms with Crippen LogP contribution in [-0.2, 0) is 9.53 Å². The van der Waals surface area contributed by atoms with Crippen molar-refractivity contribution in [3.63, 3.8) is 0 Å². The Morgan fingerprint density at radius 2 is 2.14 bits per heavy atom. The molecule has 0 radical (unpaired) electrons. The smallest absolute Gasteiger partial charge is 0.327 e. The molecule has 1 aromatic carbocycles. The molecule has 1 aliphatic rings. The van der Waals surface area contributed by atoms with Crippen LogP contribution in [0.1, 0.15) is 30.9 Å². The summed E-state index contributed by atoms with van der Waals surface area (Å²) in [5.41, 5.74) is 1.99. The predicted octanol–water partition coefficient (Wildman–Crippen LogP) is 3.33. The van der Waals surface area contributed by atoms with E-state index in [9.17, 15) is 4.79 Å². The summed E-state index contributed by atoms with van der Waals surface area (Å²) in [6, 6.07) is 6.45. The predicted molar refractivity (Wildman–Crippen MR) is 87.8 cm³/mol. The van der Waals surface area contributed by atoms with Gasteiger partial charge in [-0.3, -0.25) is 4.79 Å². The Bertz CT molecular complexity index is 514. The van der Waals surface area contributed by atoms with Gasteiger partial charge >= 0.3 is 5.97 Å². The Hall–Kier alpha value is -1.00. The van der Waals surface area contributed by atoms with Crippen LogP contribution in [0, 0.1) is 19.8 Å².